The molecule has 2 N–H and O–H groups in total. The molecule has 0 saturated carbocycles. The summed E-state index contributed by atoms with van der Waals surface area (Å²) in [6, 6.07) is 12.8. The van der Waals surface area contributed by atoms with Gasteiger partial charge >= 0.3 is 0 Å². The van der Waals surface area contributed by atoms with Gasteiger partial charge in [-0.2, -0.15) is 5.26 Å². The molecule has 0 saturated heterocycles. The van der Waals surface area contributed by atoms with Crippen LogP contribution < -0.4 is 10.6 Å². The molecule has 2 amide bonds. The number of anilines is 1. The third-order valence-corrected chi connectivity index (χ3v) is 5.97. The average molecular weight is 404 g/mol. The summed E-state index contributed by atoms with van der Waals surface area (Å²) < 4.78 is 0. The number of hydrogen-bond acceptors (Lipinski definition) is 5. The van der Waals surface area contributed by atoms with Crippen LogP contribution in [0.15, 0.2) is 52.4 Å². The summed E-state index contributed by atoms with van der Waals surface area (Å²) in [7, 11) is 0. The Kier molecular flexibility index (Phi) is 5.99. The number of carbonyl (C=O) groups is 2. The van der Waals surface area contributed by atoms with Crippen molar-refractivity contribution in [3.63, 3.8) is 0 Å². The average Bonchev–Trinajstić information content (AvgIpc) is 3.16. The number of nitrogens with one attached hydrogen (secondary N) is 2. The zero-order chi connectivity index (χ0) is 18.5. The second-order valence-electron chi connectivity index (χ2n) is 5.52. The van der Waals surface area contributed by atoms with Gasteiger partial charge in [-0.15, -0.1) is 11.3 Å². The maximum absolute atomic E-state index is 12.1. The number of halogens is 1. The Morgan fingerprint density at radius 3 is 2.81 bits per heavy atom. The molecule has 2 aromatic rings. The Bertz CT molecular complexity index is 886. The van der Waals surface area contributed by atoms with Crippen molar-refractivity contribution in [2.24, 2.45) is 0 Å². The summed E-state index contributed by atoms with van der Waals surface area (Å²) in [4.78, 5) is 25.1. The van der Waals surface area contributed by atoms with E-state index < -0.39 is 0 Å². The van der Waals surface area contributed by atoms with Crippen LogP contribution in [-0.2, 0) is 9.59 Å². The fraction of sp³-hybridized carbons (Fsp3) is 0.167. The van der Waals surface area contributed by atoms with Crippen molar-refractivity contribution in [1.29, 1.82) is 5.26 Å². The van der Waals surface area contributed by atoms with Crippen molar-refractivity contribution in [1.82, 2.24) is 5.32 Å². The summed E-state index contributed by atoms with van der Waals surface area (Å²) in [6.07, 6.45) is 0.241. The minimum absolute atomic E-state index is 0.0839. The first kappa shape index (κ1) is 18.5. The quantitative estimate of drug-likeness (QED) is 0.786. The fourth-order valence-corrected chi connectivity index (χ4v) is 4.37. The van der Waals surface area contributed by atoms with Crippen molar-refractivity contribution < 1.29 is 9.59 Å². The molecule has 0 spiro atoms. The molecule has 0 radical (unpaired) electrons. The van der Waals surface area contributed by atoms with Crippen LogP contribution >= 0.6 is 34.7 Å². The molecule has 1 aliphatic heterocycles. The predicted molar refractivity (Wildman–Crippen MR) is 105 cm³/mol. The standard InChI is InChI=1S/C18H14ClN3O2S2/c19-11-3-5-12(6-4-11)21-17(24)10-26-18-14(9-20)13(8-16(23)22-18)15-2-1-7-25-15/h1-7,13H,8,10H2,(H,21,24)(H,22,23). The highest BCUT2D eigenvalue weighted by Gasteiger charge is 2.30. The zero-order valence-electron chi connectivity index (χ0n) is 13.5. The van der Waals surface area contributed by atoms with Crippen molar-refractivity contribution >= 4 is 52.2 Å². The lowest BCUT2D eigenvalue weighted by Gasteiger charge is -2.23. The Balaban J connectivity index is 1.70. The number of allylic oxidation sites excluding steroid dienone is 1. The number of amides is 2. The van der Waals surface area contributed by atoms with Crippen molar-refractivity contribution in [3.05, 3.63) is 62.3 Å². The van der Waals surface area contributed by atoms with Gasteiger partial charge in [-0.25, -0.2) is 0 Å². The molecule has 3 rings (SSSR count). The first-order valence-electron chi connectivity index (χ1n) is 7.72. The largest absolute Gasteiger partial charge is 0.325 e. The van der Waals surface area contributed by atoms with Gasteiger partial charge in [-0.05, 0) is 35.7 Å². The van der Waals surface area contributed by atoms with Crippen molar-refractivity contribution in [2.75, 3.05) is 11.1 Å². The lowest BCUT2D eigenvalue weighted by molar-refractivity contribution is -0.121. The predicted octanol–water partition coefficient (Wildman–Crippen LogP) is 4.11. The third-order valence-electron chi connectivity index (χ3n) is 3.72. The van der Waals surface area contributed by atoms with Crippen LogP contribution in [0.4, 0.5) is 5.69 Å². The second kappa shape index (κ2) is 8.41. The van der Waals surface area contributed by atoms with Gasteiger partial charge in [-0.3, -0.25) is 9.59 Å². The van der Waals surface area contributed by atoms with Crippen LogP contribution in [-0.4, -0.2) is 17.6 Å². The molecule has 1 unspecified atom stereocenters. The van der Waals surface area contributed by atoms with E-state index in [4.69, 9.17) is 11.6 Å². The number of rotatable bonds is 5. The molecule has 0 bridgehead atoms. The van der Waals surface area contributed by atoms with E-state index in [0.29, 0.717) is 21.3 Å². The summed E-state index contributed by atoms with van der Waals surface area (Å²) >= 11 is 8.49. The monoisotopic (exact) mass is 403 g/mol. The zero-order valence-corrected chi connectivity index (χ0v) is 15.9. The van der Waals surface area contributed by atoms with Gasteiger partial charge in [0.05, 0.1) is 22.4 Å². The van der Waals surface area contributed by atoms with E-state index in [9.17, 15) is 14.9 Å². The van der Waals surface area contributed by atoms with Crippen LogP contribution in [0.3, 0.4) is 0 Å². The van der Waals surface area contributed by atoms with Gasteiger partial charge in [0.2, 0.25) is 11.8 Å². The van der Waals surface area contributed by atoms with Gasteiger partial charge in [-0.1, -0.05) is 29.4 Å². The Morgan fingerprint density at radius 1 is 1.38 bits per heavy atom. The molecule has 0 fully saturated rings. The molecule has 5 nitrogen and oxygen atoms in total. The number of thiophene rings is 1. The van der Waals surface area contributed by atoms with E-state index in [-0.39, 0.29) is 29.9 Å². The molecule has 1 atom stereocenters. The van der Waals surface area contributed by atoms with Crippen molar-refractivity contribution in [3.8, 4) is 6.07 Å². The molecule has 26 heavy (non-hydrogen) atoms. The summed E-state index contributed by atoms with van der Waals surface area (Å²) in [5, 5.41) is 18.0. The van der Waals surface area contributed by atoms with Gasteiger partial charge < -0.3 is 10.6 Å². The van der Waals surface area contributed by atoms with Gasteiger partial charge in [0.1, 0.15) is 0 Å². The molecule has 0 aliphatic carbocycles. The van der Waals surface area contributed by atoms with Crippen LogP contribution in [0.25, 0.3) is 0 Å². The van der Waals surface area contributed by atoms with Crippen LogP contribution in [0.2, 0.25) is 5.02 Å². The molecule has 132 valence electrons. The number of hydrogen-bond donors (Lipinski definition) is 2. The number of nitriles is 1. The molecule has 1 aromatic heterocycles. The Morgan fingerprint density at radius 2 is 2.15 bits per heavy atom. The lowest BCUT2D eigenvalue weighted by Crippen LogP contribution is -2.31. The van der Waals surface area contributed by atoms with Crippen LogP contribution in [0.5, 0.6) is 0 Å². The number of thioether (sulfide) groups is 1. The van der Waals surface area contributed by atoms with E-state index >= 15 is 0 Å². The minimum Gasteiger partial charge on any atom is -0.325 e. The highest BCUT2D eigenvalue weighted by Crippen LogP contribution is 2.37. The van der Waals surface area contributed by atoms with Gasteiger partial charge in [0.25, 0.3) is 0 Å². The first-order valence-corrected chi connectivity index (χ1v) is 9.97. The minimum atomic E-state index is -0.254. The molecule has 2 heterocycles. The highest BCUT2D eigenvalue weighted by molar-refractivity contribution is 8.03. The van der Waals surface area contributed by atoms with Gasteiger partial charge in [0.15, 0.2) is 0 Å². The lowest BCUT2D eigenvalue weighted by atomic mass is 9.93. The summed E-state index contributed by atoms with van der Waals surface area (Å²) in [6.45, 7) is 0. The maximum atomic E-state index is 12.1. The smallest absolute Gasteiger partial charge is 0.234 e. The maximum Gasteiger partial charge on any atom is 0.234 e. The summed E-state index contributed by atoms with van der Waals surface area (Å²) in [5.74, 6) is -0.547. The first-order chi connectivity index (χ1) is 12.6. The van der Waals surface area contributed by atoms with E-state index in [0.717, 1.165) is 16.6 Å². The number of nitrogens with zero attached hydrogens (tertiary/aromatic N) is 1. The highest BCUT2D eigenvalue weighted by atomic mass is 35.5. The SMILES string of the molecule is N#CC1=C(SCC(=O)Nc2ccc(Cl)cc2)NC(=O)CC1c1cccs1. The molecular formula is C18H14ClN3O2S2. The van der Waals surface area contributed by atoms with E-state index in [2.05, 4.69) is 16.7 Å². The Hall–Kier alpha value is -2.27. The van der Waals surface area contributed by atoms with Crippen LogP contribution in [0, 0.1) is 11.3 Å². The van der Waals surface area contributed by atoms with Crippen LogP contribution in [0.1, 0.15) is 17.2 Å². The molecular weight excluding hydrogens is 390 g/mol. The van der Waals surface area contributed by atoms with Gasteiger partial charge in [0, 0.05) is 27.9 Å². The topological polar surface area (TPSA) is 82.0 Å². The van der Waals surface area contributed by atoms with E-state index in [1.54, 1.807) is 24.3 Å². The summed E-state index contributed by atoms with van der Waals surface area (Å²) in [5.41, 5.74) is 1.13. The fourth-order valence-electron chi connectivity index (χ4n) is 2.53. The molecule has 1 aliphatic rings. The van der Waals surface area contributed by atoms with Crippen molar-refractivity contribution in [2.45, 2.75) is 12.3 Å². The molecule has 8 heteroatoms. The number of carbonyl (C=O) groups excluding carboxylic acids is 2. The second-order valence-corrected chi connectivity index (χ2v) is 7.92. The third kappa shape index (κ3) is 4.47. The molecule has 1 aromatic carbocycles. The van der Waals surface area contributed by atoms with E-state index in [1.165, 1.54) is 11.3 Å². The van der Waals surface area contributed by atoms with E-state index in [1.807, 2.05) is 17.5 Å². The normalized spacial score (nSPS) is 16.8. The number of benzene rings is 1. The Labute approximate surface area is 164 Å².